The van der Waals surface area contributed by atoms with Crippen molar-refractivity contribution in [1.29, 1.82) is 0 Å². The molecule has 0 bridgehead atoms. The third-order valence-corrected chi connectivity index (χ3v) is 2.66. The van der Waals surface area contributed by atoms with Gasteiger partial charge in [0.05, 0.1) is 13.2 Å². The number of esters is 2. The second kappa shape index (κ2) is 11.2. The van der Waals surface area contributed by atoms with E-state index < -0.39 is 11.9 Å². The summed E-state index contributed by atoms with van der Waals surface area (Å²) < 4.78 is 9.65. The Kier molecular flexibility index (Phi) is 10.3. The Morgan fingerprint density at radius 1 is 1.05 bits per heavy atom. The number of Topliss-reactive ketones (excluding diaryl/α,β-unsaturated/α-hetero) is 1. The van der Waals surface area contributed by atoms with E-state index in [0.717, 1.165) is 0 Å². The van der Waals surface area contributed by atoms with Gasteiger partial charge < -0.3 is 9.47 Å². The van der Waals surface area contributed by atoms with E-state index in [2.05, 4.69) is 0 Å². The van der Waals surface area contributed by atoms with Crippen molar-refractivity contribution in [2.45, 2.75) is 46.5 Å². The monoisotopic (exact) mass is 284 g/mol. The van der Waals surface area contributed by atoms with Gasteiger partial charge in [-0.05, 0) is 40.0 Å². The van der Waals surface area contributed by atoms with Crippen LogP contribution in [0, 0.1) is 5.92 Å². The molecule has 5 heteroatoms. The van der Waals surface area contributed by atoms with Gasteiger partial charge in [0.25, 0.3) is 0 Å². The number of unbranched alkanes of at least 4 members (excludes halogenated alkanes) is 1. The first-order chi connectivity index (χ1) is 9.52. The molecule has 0 aliphatic rings. The molecule has 0 N–H and O–H groups in total. The van der Waals surface area contributed by atoms with E-state index in [1.54, 1.807) is 19.9 Å². The van der Waals surface area contributed by atoms with Crippen molar-refractivity contribution in [3.63, 3.8) is 0 Å². The first-order valence-electron chi connectivity index (χ1n) is 7.00. The van der Waals surface area contributed by atoms with Crippen LogP contribution in [0.5, 0.6) is 0 Å². The molecule has 0 spiro atoms. The molecule has 0 heterocycles. The highest BCUT2D eigenvalue weighted by Gasteiger charge is 2.22. The Balaban J connectivity index is 3.98. The summed E-state index contributed by atoms with van der Waals surface area (Å²) in [7, 11) is 0. The van der Waals surface area contributed by atoms with Crippen molar-refractivity contribution in [3.8, 4) is 0 Å². The fourth-order valence-corrected chi connectivity index (χ4v) is 1.62. The zero-order valence-electron chi connectivity index (χ0n) is 12.5. The van der Waals surface area contributed by atoms with Gasteiger partial charge in [-0.15, -0.1) is 0 Å². The van der Waals surface area contributed by atoms with Crippen molar-refractivity contribution in [1.82, 2.24) is 0 Å². The molecule has 0 amide bonds. The first kappa shape index (κ1) is 18.4. The summed E-state index contributed by atoms with van der Waals surface area (Å²) in [6.45, 7) is 5.53. The topological polar surface area (TPSA) is 69.7 Å². The van der Waals surface area contributed by atoms with E-state index in [1.165, 1.54) is 6.92 Å². The highest BCUT2D eigenvalue weighted by atomic mass is 16.5. The molecule has 20 heavy (non-hydrogen) atoms. The molecular weight excluding hydrogens is 260 g/mol. The van der Waals surface area contributed by atoms with Gasteiger partial charge in [-0.25, -0.2) is 0 Å². The molecule has 0 aliphatic heterocycles. The van der Waals surface area contributed by atoms with Gasteiger partial charge in [0, 0.05) is 6.42 Å². The maximum atomic E-state index is 11.5. The van der Waals surface area contributed by atoms with Crippen molar-refractivity contribution in [2.75, 3.05) is 13.2 Å². The molecule has 1 atom stereocenters. The summed E-state index contributed by atoms with van der Waals surface area (Å²) in [5.74, 6) is -1.60. The largest absolute Gasteiger partial charge is 0.466 e. The van der Waals surface area contributed by atoms with Crippen molar-refractivity contribution in [3.05, 3.63) is 12.2 Å². The van der Waals surface area contributed by atoms with Crippen LogP contribution in [-0.2, 0) is 23.9 Å². The van der Waals surface area contributed by atoms with E-state index in [4.69, 9.17) is 9.47 Å². The smallest absolute Gasteiger partial charge is 0.316 e. The maximum absolute atomic E-state index is 11.5. The average Bonchev–Trinajstić information content (AvgIpc) is 2.37. The molecule has 0 aromatic rings. The number of ether oxygens (including phenoxy) is 2. The second-order valence-electron chi connectivity index (χ2n) is 4.32. The van der Waals surface area contributed by atoms with Crippen LogP contribution < -0.4 is 0 Å². The lowest BCUT2D eigenvalue weighted by atomic mass is 10.0. The second-order valence-corrected chi connectivity index (χ2v) is 4.32. The lowest BCUT2D eigenvalue weighted by Gasteiger charge is -2.09. The Morgan fingerprint density at radius 3 is 2.25 bits per heavy atom. The molecule has 0 rings (SSSR count). The fraction of sp³-hybridized carbons (Fsp3) is 0.667. The normalized spacial score (nSPS) is 12.2. The molecule has 114 valence electrons. The van der Waals surface area contributed by atoms with Gasteiger partial charge in [0.15, 0.2) is 0 Å². The van der Waals surface area contributed by atoms with Gasteiger partial charge in [-0.3, -0.25) is 14.4 Å². The molecule has 1 unspecified atom stereocenters. The van der Waals surface area contributed by atoms with Crippen molar-refractivity contribution >= 4 is 17.7 Å². The average molecular weight is 284 g/mol. The van der Waals surface area contributed by atoms with Gasteiger partial charge in [0.1, 0.15) is 11.7 Å². The Bertz CT molecular complexity index is 346. The highest BCUT2D eigenvalue weighted by Crippen LogP contribution is 2.09. The summed E-state index contributed by atoms with van der Waals surface area (Å²) >= 11 is 0. The van der Waals surface area contributed by atoms with Crippen LogP contribution >= 0.6 is 0 Å². The third kappa shape index (κ3) is 8.45. The number of carbonyl (C=O) groups is 3. The minimum Gasteiger partial charge on any atom is -0.466 e. The van der Waals surface area contributed by atoms with Gasteiger partial charge >= 0.3 is 11.9 Å². The van der Waals surface area contributed by atoms with Crippen LogP contribution in [0.4, 0.5) is 0 Å². The number of carbonyl (C=O) groups excluding carboxylic acids is 3. The van der Waals surface area contributed by atoms with E-state index in [1.807, 2.05) is 6.08 Å². The summed E-state index contributed by atoms with van der Waals surface area (Å²) in [5.41, 5.74) is 0. The number of allylic oxidation sites excluding steroid dienone is 2. The zero-order valence-corrected chi connectivity index (χ0v) is 12.5. The van der Waals surface area contributed by atoms with Crippen LogP contribution in [0.15, 0.2) is 12.2 Å². The molecule has 0 aliphatic carbocycles. The Morgan fingerprint density at radius 2 is 1.70 bits per heavy atom. The summed E-state index contributed by atoms with van der Waals surface area (Å²) in [4.78, 5) is 34.0. The molecule has 0 aromatic carbocycles. The molecule has 5 nitrogen and oxygen atoms in total. The number of hydrogen-bond donors (Lipinski definition) is 0. The number of ketones is 1. The molecule has 0 aromatic heterocycles. The Labute approximate surface area is 120 Å². The Hall–Kier alpha value is -1.65. The number of hydrogen-bond acceptors (Lipinski definition) is 5. The molecule has 0 saturated heterocycles. The third-order valence-electron chi connectivity index (χ3n) is 2.66. The van der Waals surface area contributed by atoms with Crippen LogP contribution in [0.2, 0.25) is 0 Å². The first-order valence-corrected chi connectivity index (χ1v) is 7.00. The summed E-state index contributed by atoms with van der Waals surface area (Å²) in [6.07, 6.45) is 5.79. The van der Waals surface area contributed by atoms with Crippen LogP contribution in [0.3, 0.4) is 0 Å². The molecule has 0 saturated carbocycles. The van der Waals surface area contributed by atoms with Crippen molar-refractivity contribution < 1.29 is 23.9 Å². The van der Waals surface area contributed by atoms with E-state index in [0.29, 0.717) is 32.3 Å². The van der Waals surface area contributed by atoms with E-state index in [9.17, 15) is 14.4 Å². The maximum Gasteiger partial charge on any atom is 0.316 e. The fourth-order valence-electron chi connectivity index (χ4n) is 1.62. The summed E-state index contributed by atoms with van der Waals surface area (Å²) in [5, 5.41) is 0. The zero-order chi connectivity index (χ0) is 15.4. The van der Waals surface area contributed by atoms with Crippen LogP contribution in [0.1, 0.15) is 46.5 Å². The van der Waals surface area contributed by atoms with Crippen molar-refractivity contribution in [2.24, 2.45) is 5.92 Å². The van der Waals surface area contributed by atoms with E-state index >= 15 is 0 Å². The minimum absolute atomic E-state index is 0.195. The quantitative estimate of drug-likeness (QED) is 0.267. The lowest BCUT2D eigenvalue weighted by molar-refractivity contribution is -0.151. The minimum atomic E-state index is -0.726. The predicted molar refractivity (Wildman–Crippen MR) is 75.0 cm³/mol. The molecular formula is C15H24O5. The number of rotatable bonds is 10. The van der Waals surface area contributed by atoms with Crippen LogP contribution in [0.25, 0.3) is 0 Å². The van der Waals surface area contributed by atoms with Gasteiger partial charge in [-0.2, -0.15) is 0 Å². The van der Waals surface area contributed by atoms with Gasteiger partial charge in [0.2, 0.25) is 0 Å². The lowest BCUT2D eigenvalue weighted by Crippen LogP contribution is -2.23. The van der Waals surface area contributed by atoms with E-state index in [-0.39, 0.29) is 18.4 Å². The van der Waals surface area contributed by atoms with Crippen LogP contribution in [-0.4, -0.2) is 30.9 Å². The molecule has 0 fully saturated rings. The molecule has 0 radical (unpaired) electrons. The summed E-state index contributed by atoms with van der Waals surface area (Å²) in [6, 6.07) is 0. The highest BCUT2D eigenvalue weighted by molar-refractivity contribution is 5.97. The standard InChI is InChI=1S/C15H24O5/c1-4-19-14(17)11-9-7-6-8-10-13(12(3)16)15(18)20-5-2/h6,8,13H,4-5,7,9-11H2,1-3H3/b8-6+. The SMILES string of the molecule is CCOC(=O)CCC/C=C/CC(C(C)=O)C(=O)OCC. The predicted octanol–water partition coefficient (Wildman–Crippen LogP) is 2.43. The van der Waals surface area contributed by atoms with Gasteiger partial charge in [-0.1, -0.05) is 12.2 Å².